The topological polar surface area (TPSA) is 25.8 Å². The molecule has 1 aliphatic carbocycles. The van der Waals surface area contributed by atoms with Crippen molar-refractivity contribution in [2.75, 3.05) is 0 Å². The molecule has 0 aliphatic heterocycles. The number of aromatic nitrogens is 2. The average Bonchev–Trinajstić information content (AvgIpc) is 3.00. The Morgan fingerprint density at radius 2 is 1.95 bits per heavy atom. The van der Waals surface area contributed by atoms with Crippen molar-refractivity contribution in [3.05, 3.63) is 47.1 Å². The fourth-order valence-electron chi connectivity index (χ4n) is 2.58. The first-order chi connectivity index (χ1) is 9.42. The molecule has 4 heteroatoms. The summed E-state index contributed by atoms with van der Waals surface area (Å²) in [5.41, 5.74) is 1.50. The van der Waals surface area contributed by atoms with Crippen molar-refractivity contribution in [2.24, 2.45) is 0 Å². The van der Waals surface area contributed by atoms with Crippen molar-refractivity contribution in [2.45, 2.75) is 29.2 Å². The van der Waals surface area contributed by atoms with Crippen LogP contribution < -0.4 is 0 Å². The van der Waals surface area contributed by atoms with Crippen LogP contribution >= 0.6 is 23.1 Å². The molecular formula is C15H12N2S2. The smallest absolute Gasteiger partial charge is 0.128 e. The van der Waals surface area contributed by atoms with Crippen LogP contribution in [0.2, 0.25) is 0 Å². The Hall–Kier alpha value is -1.39. The number of fused-ring (bicyclic) bond motifs is 3. The molecule has 2 nitrogen and oxygen atoms in total. The normalized spacial score (nSPS) is 13.9. The van der Waals surface area contributed by atoms with Gasteiger partial charge in [-0.3, -0.25) is 0 Å². The van der Waals surface area contributed by atoms with Crippen LogP contribution in [0.4, 0.5) is 0 Å². The standard InChI is InChI=1S/C15H12N2S2/c1-2-5-10(6-3-1)18-14-13-11-7-4-8-12(11)19-15(13)17-9-16-14/h1-3,5-6,9H,4,7-8H2. The van der Waals surface area contributed by atoms with Crippen molar-refractivity contribution in [1.29, 1.82) is 0 Å². The lowest BCUT2D eigenvalue weighted by molar-refractivity contribution is 0.915. The maximum Gasteiger partial charge on any atom is 0.128 e. The first-order valence-electron chi connectivity index (χ1n) is 6.40. The summed E-state index contributed by atoms with van der Waals surface area (Å²) in [6.45, 7) is 0. The number of rotatable bonds is 2. The van der Waals surface area contributed by atoms with Gasteiger partial charge in [0, 0.05) is 15.2 Å². The summed E-state index contributed by atoms with van der Waals surface area (Å²) >= 11 is 3.59. The van der Waals surface area contributed by atoms with E-state index in [2.05, 4.69) is 34.2 Å². The van der Waals surface area contributed by atoms with Gasteiger partial charge in [-0.1, -0.05) is 30.0 Å². The molecule has 0 radical (unpaired) electrons. The van der Waals surface area contributed by atoms with E-state index in [1.165, 1.54) is 40.0 Å². The van der Waals surface area contributed by atoms with Crippen LogP contribution in [0.1, 0.15) is 16.9 Å². The Labute approximate surface area is 119 Å². The lowest BCUT2D eigenvalue weighted by Gasteiger charge is -2.03. The summed E-state index contributed by atoms with van der Waals surface area (Å²) in [5, 5.41) is 2.41. The van der Waals surface area contributed by atoms with E-state index in [1.807, 2.05) is 17.4 Å². The Kier molecular flexibility index (Phi) is 2.78. The third-order valence-corrected chi connectivity index (χ3v) is 5.63. The van der Waals surface area contributed by atoms with Gasteiger partial charge in [0.1, 0.15) is 16.2 Å². The number of aryl methyl sites for hydroxylation is 2. The van der Waals surface area contributed by atoms with Crippen molar-refractivity contribution in [3.63, 3.8) is 0 Å². The Morgan fingerprint density at radius 3 is 2.84 bits per heavy atom. The van der Waals surface area contributed by atoms with Gasteiger partial charge >= 0.3 is 0 Å². The molecule has 0 unspecified atom stereocenters. The molecule has 0 fully saturated rings. The van der Waals surface area contributed by atoms with Crippen molar-refractivity contribution in [1.82, 2.24) is 9.97 Å². The first-order valence-corrected chi connectivity index (χ1v) is 8.03. The number of nitrogens with zero attached hydrogens (tertiary/aromatic N) is 2. The van der Waals surface area contributed by atoms with E-state index in [0.29, 0.717) is 0 Å². The first kappa shape index (κ1) is 11.4. The van der Waals surface area contributed by atoms with Crippen LogP contribution in [0.5, 0.6) is 0 Å². The largest absolute Gasteiger partial charge is 0.229 e. The molecule has 0 N–H and O–H groups in total. The summed E-state index contributed by atoms with van der Waals surface area (Å²) in [6, 6.07) is 10.4. The minimum Gasteiger partial charge on any atom is -0.229 e. The van der Waals surface area contributed by atoms with Crippen LogP contribution in [0.15, 0.2) is 46.6 Å². The second kappa shape index (κ2) is 4.62. The predicted octanol–water partition coefficient (Wildman–Crippen LogP) is 4.33. The summed E-state index contributed by atoms with van der Waals surface area (Å²) < 4.78 is 0. The zero-order valence-corrected chi connectivity index (χ0v) is 11.9. The number of benzene rings is 1. The molecule has 94 valence electrons. The molecule has 2 aromatic heterocycles. The number of hydrogen-bond acceptors (Lipinski definition) is 4. The van der Waals surface area contributed by atoms with Gasteiger partial charge in [-0.25, -0.2) is 9.97 Å². The second-order valence-corrected chi connectivity index (χ2v) is 6.78. The van der Waals surface area contributed by atoms with Crippen molar-refractivity contribution < 1.29 is 0 Å². The van der Waals surface area contributed by atoms with Gasteiger partial charge in [0.15, 0.2) is 0 Å². The molecule has 3 aromatic rings. The maximum absolute atomic E-state index is 4.51. The van der Waals surface area contributed by atoms with Crippen LogP contribution in [0.25, 0.3) is 10.2 Å². The zero-order valence-electron chi connectivity index (χ0n) is 10.3. The molecule has 0 spiro atoms. The monoisotopic (exact) mass is 284 g/mol. The quantitative estimate of drug-likeness (QED) is 0.655. The van der Waals surface area contributed by atoms with Gasteiger partial charge in [0.2, 0.25) is 0 Å². The van der Waals surface area contributed by atoms with Gasteiger partial charge < -0.3 is 0 Å². The lowest BCUT2D eigenvalue weighted by atomic mass is 10.2. The second-order valence-electron chi connectivity index (χ2n) is 4.63. The predicted molar refractivity (Wildman–Crippen MR) is 80.0 cm³/mol. The highest BCUT2D eigenvalue weighted by molar-refractivity contribution is 7.99. The molecule has 1 aromatic carbocycles. The third kappa shape index (κ3) is 1.95. The molecule has 4 rings (SSSR count). The van der Waals surface area contributed by atoms with E-state index in [0.717, 1.165) is 9.86 Å². The molecule has 0 saturated heterocycles. The van der Waals surface area contributed by atoms with Gasteiger partial charge in [-0.15, -0.1) is 11.3 Å². The maximum atomic E-state index is 4.51. The SMILES string of the molecule is c1ccc(Sc2ncnc3sc4c(c23)CCC4)cc1. The molecule has 0 atom stereocenters. The molecule has 0 bridgehead atoms. The van der Waals surface area contributed by atoms with Gasteiger partial charge in [0.25, 0.3) is 0 Å². The van der Waals surface area contributed by atoms with Crippen molar-refractivity contribution in [3.8, 4) is 0 Å². The van der Waals surface area contributed by atoms with Gasteiger partial charge in [-0.05, 0) is 37.0 Å². The lowest BCUT2D eigenvalue weighted by Crippen LogP contribution is -1.86. The third-order valence-electron chi connectivity index (χ3n) is 3.42. The molecule has 0 saturated carbocycles. The van der Waals surface area contributed by atoms with Crippen LogP contribution in [0.3, 0.4) is 0 Å². The molecule has 0 amide bonds. The summed E-state index contributed by atoms with van der Waals surface area (Å²) in [7, 11) is 0. The highest BCUT2D eigenvalue weighted by Gasteiger charge is 2.21. The highest BCUT2D eigenvalue weighted by Crippen LogP contribution is 2.41. The molecule has 19 heavy (non-hydrogen) atoms. The summed E-state index contributed by atoms with van der Waals surface area (Å²) in [6.07, 6.45) is 5.37. The van der Waals surface area contributed by atoms with Gasteiger partial charge in [0.05, 0.1) is 0 Å². The minimum atomic E-state index is 1.11. The fraction of sp³-hybridized carbons (Fsp3) is 0.200. The highest BCUT2D eigenvalue weighted by atomic mass is 32.2. The molecular weight excluding hydrogens is 272 g/mol. The summed E-state index contributed by atoms with van der Waals surface area (Å²) in [4.78, 5) is 12.9. The van der Waals surface area contributed by atoms with E-state index in [9.17, 15) is 0 Å². The van der Waals surface area contributed by atoms with Gasteiger partial charge in [-0.2, -0.15) is 0 Å². The van der Waals surface area contributed by atoms with E-state index < -0.39 is 0 Å². The van der Waals surface area contributed by atoms with Crippen LogP contribution in [-0.2, 0) is 12.8 Å². The average molecular weight is 284 g/mol. The number of thiophene rings is 1. The fourth-order valence-corrected chi connectivity index (χ4v) is 4.81. The Balaban J connectivity index is 1.86. The van der Waals surface area contributed by atoms with E-state index in [4.69, 9.17) is 0 Å². The van der Waals surface area contributed by atoms with E-state index in [-0.39, 0.29) is 0 Å². The number of hydrogen-bond donors (Lipinski definition) is 0. The van der Waals surface area contributed by atoms with E-state index >= 15 is 0 Å². The Morgan fingerprint density at radius 1 is 1.05 bits per heavy atom. The van der Waals surface area contributed by atoms with Crippen molar-refractivity contribution >= 4 is 33.3 Å². The molecule has 2 heterocycles. The van der Waals surface area contributed by atoms with E-state index in [1.54, 1.807) is 18.1 Å². The van der Waals surface area contributed by atoms with Crippen LogP contribution in [-0.4, -0.2) is 9.97 Å². The van der Waals surface area contributed by atoms with Crippen LogP contribution in [0, 0.1) is 0 Å². The zero-order chi connectivity index (χ0) is 12.7. The molecule has 1 aliphatic rings. The Bertz CT molecular complexity index is 734. The minimum absolute atomic E-state index is 1.11. The summed E-state index contributed by atoms with van der Waals surface area (Å²) in [5.74, 6) is 0.